The van der Waals surface area contributed by atoms with Crippen LogP contribution in [0, 0.1) is 0 Å². The molecule has 0 fully saturated rings. The summed E-state index contributed by atoms with van der Waals surface area (Å²) in [4.78, 5) is 18.1. The summed E-state index contributed by atoms with van der Waals surface area (Å²) < 4.78 is 1.63. The number of hydrazone groups is 1. The van der Waals surface area contributed by atoms with E-state index in [9.17, 15) is 4.79 Å². The largest absolute Gasteiger partial charge is 0.378 e. The molecule has 0 saturated heterocycles. The van der Waals surface area contributed by atoms with Crippen LogP contribution in [0.25, 0.3) is 0 Å². The summed E-state index contributed by atoms with van der Waals surface area (Å²) >= 11 is 0. The van der Waals surface area contributed by atoms with Gasteiger partial charge in [-0.25, -0.2) is 4.99 Å². The van der Waals surface area contributed by atoms with Crippen molar-refractivity contribution in [2.75, 3.05) is 24.3 Å². The zero-order valence-electron chi connectivity index (χ0n) is 15.0. The lowest BCUT2D eigenvalue weighted by Gasteiger charge is -2.15. The van der Waals surface area contributed by atoms with Crippen LogP contribution in [0.2, 0.25) is 0 Å². The molecule has 0 spiro atoms. The number of amides is 1. The van der Waals surface area contributed by atoms with E-state index in [-0.39, 0.29) is 5.91 Å². The Morgan fingerprint density at radius 3 is 2.58 bits per heavy atom. The third-order valence-electron chi connectivity index (χ3n) is 3.84. The summed E-state index contributed by atoms with van der Waals surface area (Å²) in [5.74, 6) is 0.270. The van der Waals surface area contributed by atoms with Gasteiger partial charge in [0, 0.05) is 26.7 Å². The first-order valence-electron chi connectivity index (χ1n) is 8.15. The van der Waals surface area contributed by atoms with E-state index in [1.54, 1.807) is 10.9 Å². The molecule has 7 heteroatoms. The monoisotopic (exact) mass is 349 g/mol. The van der Waals surface area contributed by atoms with Crippen LogP contribution < -0.4 is 16.0 Å². The van der Waals surface area contributed by atoms with E-state index in [2.05, 4.69) is 15.4 Å². The number of carbonyl (C=O) groups excluding carboxylic acids is 1. The number of aliphatic imine (C=N–C) groups is 1. The highest BCUT2D eigenvalue weighted by molar-refractivity contribution is 6.62. The number of amidine groups is 1. The van der Waals surface area contributed by atoms with Crippen LogP contribution in [0.1, 0.15) is 6.92 Å². The first-order chi connectivity index (χ1) is 12.5. The van der Waals surface area contributed by atoms with Crippen molar-refractivity contribution >= 4 is 46.4 Å². The van der Waals surface area contributed by atoms with E-state index in [0.29, 0.717) is 22.9 Å². The summed E-state index contributed by atoms with van der Waals surface area (Å²) in [7, 11) is 3.87. The van der Waals surface area contributed by atoms with E-state index in [1.807, 2.05) is 67.5 Å². The maximum absolute atomic E-state index is 11.5. The normalized spacial score (nSPS) is 14.8. The molecule has 3 rings (SSSR count). The Morgan fingerprint density at radius 1 is 1.19 bits per heavy atom. The van der Waals surface area contributed by atoms with Crippen molar-refractivity contribution in [3.8, 4) is 0 Å². The molecule has 0 bridgehead atoms. The van der Waals surface area contributed by atoms with Gasteiger partial charge in [-0.1, -0.05) is 28.0 Å². The van der Waals surface area contributed by atoms with Gasteiger partial charge in [0.2, 0.25) is 5.91 Å². The summed E-state index contributed by atoms with van der Waals surface area (Å²) in [6.07, 6.45) is 1.61. The molecule has 1 aliphatic rings. The number of nitrogens with two attached hydrogens (primary N) is 1. The maximum Gasteiger partial charge on any atom is 0.326 e. The van der Waals surface area contributed by atoms with Crippen molar-refractivity contribution in [2.45, 2.75) is 6.92 Å². The second kappa shape index (κ2) is 7.18. The van der Waals surface area contributed by atoms with Crippen LogP contribution in [0.4, 0.5) is 22.7 Å². The minimum Gasteiger partial charge on any atom is -0.378 e. The topological polar surface area (TPSA) is 86.1 Å². The van der Waals surface area contributed by atoms with Gasteiger partial charge >= 0.3 is 5.84 Å². The lowest BCUT2D eigenvalue weighted by molar-refractivity contribution is -0.441. The second-order valence-corrected chi connectivity index (χ2v) is 6.05. The highest BCUT2D eigenvalue weighted by Crippen LogP contribution is 2.30. The Hall–Kier alpha value is -3.48. The van der Waals surface area contributed by atoms with E-state index < -0.39 is 0 Å². The van der Waals surface area contributed by atoms with E-state index in [1.165, 1.54) is 6.92 Å². The van der Waals surface area contributed by atoms with Gasteiger partial charge in [-0.2, -0.15) is 0 Å². The molecule has 2 aromatic carbocycles. The van der Waals surface area contributed by atoms with Crippen molar-refractivity contribution in [1.29, 1.82) is 0 Å². The van der Waals surface area contributed by atoms with E-state index >= 15 is 0 Å². The molecule has 1 aliphatic heterocycles. The fraction of sp³-hybridized carbons (Fsp3) is 0.158. The molecule has 3 N–H and O–H groups in total. The molecule has 2 aromatic rings. The van der Waals surface area contributed by atoms with Gasteiger partial charge in [-0.15, -0.1) is 0 Å². The van der Waals surface area contributed by atoms with E-state index in [4.69, 9.17) is 5.73 Å². The summed E-state index contributed by atoms with van der Waals surface area (Å²) in [5, 5.41) is 7.14. The van der Waals surface area contributed by atoms with E-state index in [0.717, 1.165) is 11.4 Å². The minimum atomic E-state index is -0.162. The van der Waals surface area contributed by atoms with Crippen molar-refractivity contribution < 1.29 is 9.48 Å². The molecule has 0 saturated carbocycles. The molecule has 1 heterocycles. The van der Waals surface area contributed by atoms with Gasteiger partial charge in [-0.3, -0.25) is 10.5 Å². The molecular weight excluding hydrogens is 328 g/mol. The Morgan fingerprint density at radius 2 is 1.92 bits per heavy atom. The third kappa shape index (κ3) is 3.61. The fourth-order valence-corrected chi connectivity index (χ4v) is 2.53. The van der Waals surface area contributed by atoms with Crippen LogP contribution >= 0.6 is 0 Å². The van der Waals surface area contributed by atoms with Crippen molar-refractivity contribution in [3.63, 3.8) is 0 Å². The summed E-state index contributed by atoms with van der Waals surface area (Å²) in [6, 6.07) is 15.3. The number of hydrogen-bond acceptors (Lipinski definition) is 5. The van der Waals surface area contributed by atoms with Gasteiger partial charge in [0.05, 0.1) is 11.4 Å². The summed E-state index contributed by atoms with van der Waals surface area (Å²) in [6.45, 7) is 1.47. The molecule has 26 heavy (non-hydrogen) atoms. The Balaban J connectivity index is 2.01. The van der Waals surface area contributed by atoms with Gasteiger partial charge in [0.15, 0.2) is 11.4 Å². The lowest BCUT2D eigenvalue weighted by atomic mass is 10.2. The number of nitrogens with zero attached hydrogens (tertiary/aromatic N) is 4. The molecule has 0 atom stereocenters. The van der Waals surface area contributed by atoms with Crippen LogP contribution in [-0.2, 0) is 4.79 Å². The minimum absolute atomic E-state index is 0.162. The fourth-order valence-electron chi connectivity index (χ4n) is 2.53. The maximum atomic E-state index is 11.5. The van der Waals surface area contributed by atoms with Gasteiger partial charge in [0.25, 0.3) is 0 Å². The predicted molar refractivity (Wildman–Crippen MR) is 106 cm³/mol. The van der Waals surface area contributed by atoms with Crippen molar-refractivity contribution in [3.05, 3.63) is 48.5 Å². The third-order valence-corrected chi connectivity index (χ3v) is 3.84. The molecule has 0 unspecified atom stereocenters. The molecule has 0 aliphatic carbocycles. The Kier molecular flexibility index (Phi) is 4.79. The predicted octanol–water partition coefficient (Wildman–Crippen LogP) is 2.48. The SMILES string of the molecule is CC(=O)Nc1cc(N(C)C)ccc1N=C1C=N[N+](c2ccccc2)=C1N. The first-order valence-corrected chi connectivity index (χ1v) is 8.15. The van der Waals surface area contributed by atoms with Crippen LogP contribution in [-0.4, -0.2) is 42.4 Å². The molecule has 1 amide bonds. The molecule has 132 valence electrons. The van der Waals surface area contributed by atoms with Crippen molar-refractivity contribution in [2.24, 2.45) is 15.8 Å². The number of hydrogen-bond donors (Lipinski definition) is 2. The quantitative estimate of drug-likeness (QED) is 0.832. The summed E-state index contributed by atoms with van der Waals surface area (Å²) in [5.41, 5.74) is 9.82. The number of rotatable bonds is 4. The van der Waals surface area contributed by atoms with Crippen LogP contribution in [0.5, 0.6) is 0 Å². The molecule has 0 radical (unpaired) electrons. The smallest absolute Gasteiger partial charge is 0.326 e. The van der Waals surface area contributed by atoms with Crippen LogP contribution in [0.15, 0.2) is 58.6 Å². The average molecular weight is 349 g/mol. The zero-order valence-corrected chi connectivity index (χ0v) is 15.0. The van der Waals surface area contributed by atoms with Gasteiger partial charge in [-0.05, 0) is 30.3 Å². The molecular formula is C19H21N6O+. The number of nitrogens with one attached hydrogen (secondary N) is 1. The number of benzene rings is 2. The first kappa shape index (κ1) is 17.3. The highest BCUT2D eigenvalue weighted by Gasteiger charge is 2.23. The number of para-hydroxylation sites is 1. The zero-order chi connectivity index (χ0) is 18.7. The molecule has 0 aromatic heterocycles. The number of anilines is 2. The average Bonchev–Trinajstić information content (AvgIpc) is 2.97. The lowest BCUT2D eigenvalue weighted by Crippen LogP contribution is -2.27. The molecule has 7 nitrogen and oxygen atoms in total. The Bertz CT molecular complexity index is 928. The standard InChI is InChI=1S/C19H20N6O/c1-13(26)22-17-11-15(24(2)3)9-10-16(17)23-18-12-21-25(19(18)20)14-7-5-4-6-8-14/h4-12H,1-3H3,(H2,20,21,22,26)/p+1. The number of carbonyl (C=O) groups is 1. The van der Waals surface area contributed by atoms with Crippen LogP contribution in [0.3, 0.4) is 0 Å². The second-order valence-electron chi connectivity index (χ2n) is 6.05. The highest BCUT2D eigenvalue weighted by atomic mass is 16.1. The van der Waals surface area contributed by atoms with Gasteiger partial charge < -0.3 is 10.2 Å². The Labute approximate surface area is 152 Å². The van der Waals surface area contributed by atoms with Crippen molar-refractivity contribution in [1.82, 2.24) is 0 Å². The van der Waals surface area contributed by atoms with Gasteiger partial charge in [0.1, 0.15) is 6.21 Å².